The average molecular weight is 294 g/mol. The van der Waals surface area contributed by atoms with Crippen molar-refractivity contribution in [2.45, 2.75) is 31.9 Å². The summed E-state index contributed by atoms with van der Waals surface area (Å²) in [6, 6.07) is 8.15. The highest BCUT2D eigenvalue weighted by Gasteiger charge is 2.15. The van der Waals surface area contributed by atoms with Crippen LogP contribution in [-0.2, 0) is 4.74 Å². The Morgan fingerprint density at radius 3 is 2.80 bits per heavy atom. The monoisotopic (exact) mass is 294 g/mol. The lowest BCUT2D eigenvalue weighted by Gasteiger charge is -2.19. The highest BCUT2D eigenvalue weighted by atomic mass is 32.1. The second kappa shape index (κ2) is 7.45. The molecule has 1 heterocycles. The molecule has 1 fully saturated rings. The maximum atomic E-state index is 5.55. The molecule has 20 heavy (non-hydrogen) atoms. The van der Waals surface area contributed by atoms with Gasteiger partial charge in [0.1, 0.15) is 5.75 Å². The summed E-state index contributed by atoms with van der Waals surface area (Å²) in [6.45, 7) is 3.73. The molecule has 0 amide bonds. The number of thiocarbonyl (C=S) groups is 1. The zero-order valence-corrected chi connectivity index (χ0v) is 12.8. The number of hydrogen-bond acceptors (Lipinski definition) is 3. The second-order valence-electron chi connectivity index (χ2n) is 4.98. The second-order valence-corrected chi connectivity index (χ2v) is 5.39. The Hall–Kier alpha value is -1.33. The fourth-order valence-electron chi connectivity index (χ4n) is 2.24. The zero-order chi connectivity index (χ0) is 14.4. The number of methoxy groups -OCH3 is 1. The number of hydrogen-bond donors (Lipinski definition) is 2. The lowest BCUT2D eigenvalue weighted by Crippen LogP contribution is -2.40. The Balaban J connectivity index is 1.77. The molecule has 1 aliphatic rings. The number of benzene rings is 1. The molecule has 0 unspecified atom stereocenters. The summed E-state index contributed by atoms with van der Waals surface area (Å²) in [5.41, 5.74) is 1.17. The number of ether oxygens (including phenoxy) is 2. The predicted octanol–water partition coefficient (Wildman–Crippen LogP) is 2.40. The minimum Gasteiger partial charge on any atom is -0.497 e. The van der Waals surface area contributed by atoms with Gasteiger partial charge in [0, 0.05) is 13.2 Å². The molecule has 1 aromatic carbocycles. The van der Waals surface area contributed by atoms with Crippen LogP contribution in [0.1, 0.15) is 31.4 Å². The topological polar surface area (TPSA) is 42.5 Å². The summed E-state index contributed by atoms with van der Waals surface area (Å²) in [5.74, 6) is 0.861. The number of rotatable bonds is 5. The van der Waals surface area contributed by atoms with Crippen molar-refractivity contribution < 1.29 is 9.47 Å². The lowest BCUT2D eigenvalue weighted by atomic mass is 10.1. The van der Waals surface area contributed by atoms with E-state index in [0.29, 0.717) is 11.2 Å². The summed E-state index contributed by atoms with van der Waals surface area (Å²) in [5, 5.41) is 7.17. The van der Waals surface area contributed by atoms with Gasteiger partial charge in [0.05, 0.1) is 19.3 Å². The van der Waals surface area contributed by atoms with E-state index in [2.05, 4.69) is 17.6 Å². The van der Waals surface area contributed by atoms with Crippen LogP contribution >= 0.6 is 12.2 Å². The van der Waals surface area contributed by atoms with Crippen molar-refractivity contribution in [3.05, 3.63) is 29.8 Å². The molecule has 4 nitrogen and oxygen atoms in total. The molecule has 0 aromatic heterocycles. The summed E-state index contributed by atoms with van der Waals surface area (Å²) >= 11 is 5.31. The maximum Gasteiger partial charge on any atom is 0.166 e. The molecule has 0 spiro atoms. The van der Waals surface area contributed by atoms with Gasteiger partial charge in [0.15, 0.2) is 5.11 Å². The predicted molar refractivity (Wildman–Crippen MR) is 84.1 cm³/mol. The van der Waals surface area contributed by atoms with Gasteiger partial charge in [-0.3, -0.25) is 0 Å². The third-order valence-corrected chi connectivity index (χ3v) is 3.74. The van der Waals surface area contributed by atoms with E-state index in [1.165, 1.54) is 5.56 Å². The van der Waals surface area contributed by atoms with Crippen molar-refractivity contribution in [2.24, 2.45) is 0 Å². The van der Waals surface area contributed by atoms with E-state index in [1.54, 1.807) is 7.11 Å². The van der Waals surface area contributed by atoms with E-state index >= 15 is 0 Å². The average Bonchev–Trinajstić information content (AvgIpc) is 2.98. The Morgan fingerprint density at radius 1 is 1.45 bits per heavy atom. The van der Waals surface area contributed by atoms with Crippen molar-refractivity contribution in [1.29, 1.82) is 0 Å². The van der Waals surface area contributed by atoms with E-state index in [0.717, 1.165) is 31.7 Å². The first-order chi connectivity index (χ1) is 9.69. The standard InChI is InChI=1S/C15H22N2O2S/c1-11(12-5-7-13(18-2)8-6-12)17-15(20)16-10-14-4-3-9-19-14/h5-8,11,14H,3-4,9-10H2,1-2H3,(H2,16,17,20)/t11-,14+/m1/s1. The fraction of sp³-hybridized carbons (Fsp3) is 0.533. The molecule has 1 aromatic rings. The Morgan fingerprint density at radius 2 is 2.20 bits per heavy atom. The van der Waals surface area contributed by atoms with Crippen LogP contribution in [-0.4, -0.2) is 31.5 Å². The van der Waals surface area contributed by atoms with Gasteiger partial charge in [-0.15, -0.1) is 0 Å². The maximum absolute atomic E-state index is 5.55. The molecular formula is C15H22N2O2S. The van der Waals surface area contributed by atoms with Crippen LogP contribution in [0.25, 0.3) is 0 Å². The summed E-state index contributed by atoms with van der Waals surface area (Å²) in [7, 11) is 1.67. The number of nitrogens with one attached hydrogen (secondary N) is 2. The van der Waals surface area contributed by atoms with Gasteiger partial charge in [-0.25, -0.2) is 0 Å². The van der Waals surface area contributed by atoms with Gasteiger partial charge in [0.25, 0.3) is 0 Å². The van der Waals surface area contributed by atoms with Crippen LogP contribution in [0.5, 0.6) is 5.75 Å². The summed E-state index contributed by atoms with van der Waals surface area (Å²) in [6.07, 6.45) is 2.56. The van der Waals surface area contributed by atoms with Crippen LogP contribution in [0.2, 0.25) is 0 Å². The molecule has 0 radical (unpaired) electrons. The van der Waals surface area contributed by atoms with E-state index in [9.17, 15) is 0 Å². The first kappa shape index (κ1) is 15.1. The van der Waals surface area contributed by atoms with Crippen molar-refractivity contribution in [3.8, 4) is 5.75 Å². The van der Waals surface area contributed by atoms with Gasteiger partial charge >= 0.3 is 0 Å². The molecule has 0 aliphatic carbocycles. The molecule has 2 rings (SSSR count). The van der Waals surface area contributed by atoms with Gasteiger partial charge < -0.3 is 20.1 Å². The molecular weight excluding hydrogens is 272 g/mol. The molecule has 0 saturated carbocycles. The largest absolute Gasteiger partial charge is 0.497 e. The van der Waals surface area contributed by atoms with E-state index in [1.807, 2.05) is 24.3 Å². The fourth-order valence-corrected chi connectivity index (χ4v) is 2.50. The Bertz CT molecular complexity index is 430. The Kier molecular flexibility index (Phi) is 5.61. The van der Waals surface area contributed by atoms with E-state index in [4.69, 9.17) is 21.7 Å². The minimum atomic E-state index is 0.158. The van der Waals surface area contributed by atoms with Gasteiger partial charge in [-0.05, 0) is 49.7 Å². The highest BCUT2D eigenvalue weighted by Crippen LogP contribution is 2.17. The van der Waals surface area contributed by atoms with Crippen molar-refractivity contribution >= 4 is 17.3 Å². The lowest BCUT2D eigenvalue weighted by molar-refractivity contribution is 0.114. The van der Waals surface area contributed by atoms with E-state index < -0.39 is 0 Å². The normalized spacial score (nSPS) is 19.4. The van der Waals surface area contributed by atoms with Crippen molar-refractivity contribution in [3.63, 3.8) is 0 Å². The molecule has 1 aliphatic heterocycles. The third kappa shape index (κ3) is 4.35. The van der Waals surface area contributed by atoms with Crippen LogP contribution in [0.3, 0.4) is 0 Å². The highest BCUT2D eigenvalue weighted by molar-refractivity contribution is 7.80. The minimum absolute atomic E-state index is 0.158. The van der Waals surface area contributed by atoms with E-state index in [-0.39, 0.29) is 6.04 Å². The smallest absolute Gasteiger partial charge is 0.166 e. The molecule has 1 saturated heterocycles. The van der Waals surface area contributed by atoms with Gasteiger partial charge in [0.2, 0.25) is 0 Å². The van der Waals surface area contributed by atoms with Crippen molar-refractivity contribution in [1.82, 2.24) is 10.6 Å². The van der Waals surface area contributed by atoms with Crippen LogP contribution < -0.4 is 15.4 Å². The summed E-state index contributed by atoms with van der Waals surface area (Å²) < 4.78 is 10.7. The third-order valence-electron chi connectivity index (χ3n) is 3.48. The van der Waals surface area contributed by atoms with Crippen LogP contribution in [0.4, 0.5) is 0 Å². The Labute approximate surface area is 125 Å². The zero-order valence-electron chi connectivity index (χ0n) is 12.0. The first-order valence-electron chi connectivity index (χ1n) is 6.99. The van der Waals surface area contributed by atoms with Crippen LogP contribution in [0, 0.1) is 0 Å². The van der Waals surface area contributed by atoms with Crippen LogP contribution in [0.15, 0.2) is 24.3 Å². The quantitative estimate of drug-likeness (QED) is 0.816. The SMILES string of the molecule is COc1ccc([C@@H](C)NC(=S)NC[C@@H]2CCCO2)cc1. The molecule has 110 valence electrons. The van der Waals surface area contributed by atoms with Gasteiger partial charge in [-0.2, -0.15) is 0 Å². The molecule has 5 heteroatoms. The first-order valence-corrected chi connectivity index (χ1v) is 7.40. The molecule has 2 atom stereocenters. The molecule has 0 bridgehead atoms. The summed E-state index contributed by atoms with van der Waals surface area (Å²) in [4.78, 5) is 0. The molecule has 2 N–H and O–H groups in total. The van der Waals surface area contributed by atoms with Gasteiger partial charge in [-0.1, -0.05) is 12.1 Å². The van der Waals surface area contributed by atoms with Crippen molar-refractivity contribution in [2.75, 3.05) is 20.3 Å².